The van der Waals surface area contributed by atoms with Crippen LogP contribution < -0.4 is 5.43 Å². The van der Waals surface area contributed by atoms with Gasteiger partial charge in [-0.15, -0.1) is 0 Å². The molecule has 9 heteroatoms. The lowest BCUT2D eigenvalue weighted by molar-refractivity contribution is -0.393. The van der Waals surface area contributed by atoms with Gasteiger partial charge in [-0.05, 0) is 22.9 Å². The van der Waals surface area contributed by atoms with E-state index in [0.29, 0.717) is 0 Å². The maximum atomic E-state index is 11.1. The molecule has 0 fully saturated rings. The van der Waals surface area contributed by atoms with Crippen LogP contribution >= 0.6 is 15.9 Å². The molecule has 0 saturated carbocycles. The number of halogens is 1. The molecule has 0 saturated heterocycles. The Kier molecular flexibility index (Phi) is 4.90. The van der Waals surface area contributed by atoms with Gasteiger partial charge in [0.15, 0.2) is 0 Å². The van der Waals surface area contributed by atoms with Crippen molar-refractivity contribution in [3.8, 4) is 0 Å². The molecule has 0 aliphatic carbocycles. The predicted octanol–water partition coefficient (Wildman–Crippen LogP) is 4.86. The summed E-state index contributed by atoms with van der Waals surface area (Å²) in [4.78, 5) is 20.5. The topological polar surface area (TPSA) is 111 Å². The Morgan fingerprint density at radius 1 is 0.962 bits per heavy atom. The minimum atomic E-state index is -0.695. The number of hydrazone groups is 1. The van der Waals surface area contributed by atoms with Crippen molar-refractivity contribution in [2.24, 2.45) is 5.10 Å². The van der Waals surface area contributed by atoms with Crippen molar-refractivity contribution in [3.05, 3.63) is 84.9 Å². The highest BCUT2D eigenvalue weighted by Gasteiger charge is 2.19. The number of nitrogens with one attached hydrogen (secondary N) is 1. The number of benzene rings is 3. The van der Waals surface area contributed by atoms with Crippen LogP contribution in [0.25, 0.3) is 10.8 Å². The number of rotatable bonds is 5. The number of nitrogens with zero attached hydrogens (tertiary/aromatic N) is 3. The first-order valence-electron chi connectivity index (χ1n) is 7.36. The number of fused-ring (bicyclic) bond motifs is 1. The number of non-ortho nitro benzene ring substituents is 1. The van der Waals surface area contributed by atoms with Crippen LogP contribution in [-0.2, 0) is 0 Å². The van der Waals surface area contributed by atoms with Crippen molar-refractivity contribution < 1.29 is 9.85 Å². The second-order valence-electron chi connectivity index (χ2n) is 5.27. The van der Waals surface area contributed by atoms with Gasteiger partial charge in [-0.3, -0.25) is 25.7 Å². The Bertz CT molecular complexity index is 1050. The first-order chi connectivity index (χ1) is 12.5. The third-order valence-corrected chi connectivity index (χ3v) is 4.37. The van der Waals surface area contributed by atoms with Gasteiger partial charge in [-0.1, -0.05) is 46.3 Å². The van der Waals surface area contributed by atoms with E-state index in [1.165, 1.54) is 12.1 Å². The summed E-state index contributed by atoms with van der Waals surface area (Å²) >= 11 is 3.49. The normalized spacial score (nSPS) is 11.0. The van der Waals surface area contributed by atoms with E-state index < -0.39 is 15.5 Å². The average Bonchev–Trinajstić information content (AvgIpc) is 2.62. The van der Waals surface area contributed by atoms with E-state index in [0.717, 1.165) is 26.9 Å². The summed E-state index contributed by atoms with van der Waals surface area (Å²) in [5.74, 6) is 0. The SMILES string of the molecule is O=[N+]([O-])c1ccc(N/N=C\c2cccc3c(Br)cccc23)c([N+](=O)[O-])c1. The molecule has 3 rings (SSSR count). The van der Waals surface area contributed by atoms with E-state index in [4.69, 9.17) is 0 Å². The Morgan fingerprint density at radius 3 is 2.42 bits per heavy atom. The molecular weight excluding hydrogens is 404 g/mol. The molecule has 130 valence electrons. The zero-order valence-electron chi connectivity index (χ0n) is 13.1. The quantitative estimate of drug-likeness (QED) is 0.363. The molecule has 3 aromatic carbocycles. The van der Waals surface area contributed by atoms with Gasteiger partial charge in [0.1, 0.15) is 5.69 Å². The number of anilines is 1. The van der Waals surface area contributed by atoms with E-state index in [1.54, 1.807) is 6.21 Å². The summed E-state index contributed by atoms with van der Waals surface area (Å²) < 4.78 is 0.948. The lowest BCUT2D eigenvalue weighted by Gasteiger charge is -2.05. The van der Waals surface area contributed by atoms with Crippen LogP contribution in [0, 0.1) is 20.2 Å². The van der Waals surface area contributed by atoms with Crippen LogP contribution in [0.4, 0.5) is 17.1 Å². The molecule has 1 N–H and O–H groups in total. The van der Waals surface area contributed by atoms with Crippen LogP contribution in [0.15, 0.2) is 64.2 Å². The zero-order valence-corrected chi connectivity index (χ0v) is 14.7. The van der Waals surface area contributed by atoms with Crippen LogP contribution in [-0.4, -0.2) is 16.1 Å². The molecule has 26 heavy (non-hydrogen) atoms. The van der Waals surface area contributed by atoms with Crippen LogP contribution in [0.3, 0.4) is 0 Å². The molecule has 0 aliphatic heterocycles. The van der Waals surface area contributed by atoms with Gasteiger partial charge < -0.3 is 0 Å². The number of hydrogen-bond acceptors (Lipinski definition) is 6. The molecule has 0 radical (unpaired) electrons. The van der Waals surface area contributed by atoms with Crippen molar-refractivity contribution in [1.82, 2.24) is 0 Å². The molecule has 0 amide bonds. The fourth-order valence-electron chi connectivity index (χ4n) is 2.46. The first-order valence-corrected chi connectivity index (χ1v) is 8.16. The van der Waals surface area contributed by atoms with Crippen LogP contribution in [0.2, 0.25) is 0 Å². The maximum Gasteiger partial charge on any atom is 0.301 e. The minimum absolute atomic E-state index is 0.0678. The lowest BCUT2D eigenvalue weighted by Crippen LogP contribution is -1.99. The van der Waals surface area contributed by atoms with Crippen LogP contribution in [0.5, 0.6) is 0 Å². The number of hydrogen-bond donors (Lipinski definition) is 1. The fourth-order valence-corrected chi connectivity index (χ4v) is 2.96. The molecule has 0 bridgehead atoms. The van der Waals surface area contributed by atoms with E-state index in [9.17, 15) is 20.2 Å². The van der Waals surface area contributed by atoms with Crippen molar-refractivity contribution in [2.75, 3.05) is 5.43 Å². The summed E-state index contributed by atoms with van der Waals surface area (Å²) in [6.45, 7) is 0. The fraction of sp³-hybridized carbons (Fsp3) is 0. The highest BCUT2D eigenvalue weighted by Crippen LogP contribution is 2.29. The summed E-state index contributed by atoms with van der Waals surface area (Å²) in [7, 11) is 0. The van der Waals surface area contributed by atoms with Crippen molar-refractivity contribution in [2.45, 2.75) is 0 Å². The van der Waals surface area contributed by atoms with Gasteiger partial charge in [0.2, 0.25) is 0 Å². The van der Waals surface area contributed by atoms with Gasteiger partial charge >= 0.3 is 5.69 Å². The molecule has 8 nitrogen and oxygen atoms in total. The minimum Gasteiger partial charge on any atom is -0.272 e. The Morgan fingerprint density at radius 2 is 1.69 bits per heavy atom. The van der Waals surface area contributed by atoms with Gasteiger partial charge in [0.05, 0.1) is 22.1 Å². The third-order valence-electron chi connectivity index (χ3n) is 3.68. The Balaban J connectivity index is 1.91. The van der Waals surface area contributed by atoms with E-state index >= 15 is 0 Å². The molecule has 0 aliphatic rings. The van der Waals surface area contributed by atoms with Gasteiger partial charge in [0.25, 0.3) is 5.69 Å². The monoisotopic (exact) mass is 414 g/mol. The molecule has 0 spiro atoms. The molecule has 0 atom stereocenters. The molecule has 0 unspecified atom stereocenters. The van der Waals surface area contributed by atoms with Gasteiger partial charge in [0, 0.05) is 16.1 Å². The van der Waals surface area contributed by atoms with E-state index in [1.807, 2.05) is 36.4 Å². The number of nitro groups is 2. The van der Waals surface area contributed by atoms with Crippen molar-refractivity contribution >= 4 is 50.0 Å². The maximum absolute atomic E-state index is 11.1. The smallest absolute Gasteiger partial charge is 0.272 e. The molecule has 0 heterocycles. The van der Waals surface area contributed by atoms with E-state index in [2.05, 4.69) is 26.5 Å². The summed E-state index contributed by atoms with van der Waals surface area (Å²) in [5.41, 5.74) is 2.69. The van der Waals surface area contributed by atoms with E-state index in [-0.39, 0.29) is 11.4 Å². The Labute approximate surface area is 155 Å². The Hall–Kier alpha value is -3.33. The van der Waals surface area contributed by atoms with Crippen molar-refractivity contribution in [3.63, 3.8) is 0 Å². The second kappa shape index (κ2) is 7.28. The average molecular weight is 415 g/mol. The third kappa shape index (κ3) is 3.52. The van der Waals surface area contributed by atoms with Gasteiger partial charge in [-0.2, -0.15) is 5.10 Å². The molecular formula is C17H11BrN4O4. The van der Waals surface area contributed by atoms with Crippen molar-refractivity contribution in [1.29, 1.82) is 0 Å². The first kappa shape index (κ1) is 17.5. The molecule has 0 aromatic heterocycles. The van der Waals surface area contributed by atoms with Gasteiger partial charge in [-0.25, -0.2) is 0 Å². The summed E-state index contributed by atoms with van der Waals surface area (Å²) in [5, 5.41) is 27.9. The molecule has 3 aromatic rings. The van der Waals surface area contributed by atoms with Crippen LogP contribution in [0.1, 0.15) is 5.56 Å². The summed E-state index contributed by atoms with van der Waals surface area (Å²) in [6, 6.07) is 14.8. The highest BCUT2D eigenvalue weighted by molar-refractivity contribution is 9.10. The zero-order chi connectivity index (χ0) is 18.7. The standard InChI is InChI=1S/C17H11BrN4O4/c18-15-6-2-4-13-11(3-1-5-14(13)15)10-19-20-16-8-7-12(21(23)24)9-17(16)22(25)26/h1-10,20H/b19-10-. The largest absolute Gasteiger partial charge is 0.301 e. The summed E-state index contributed by atoms with van der Waals surface area (Å²) in [6.07, 6.45) is 1.54. The highest BCUT2D eigenvalue weighted by atomic mass is 79.9. The second-order valence-corrected chi connectivity index (χ2v) is 6.12. The predicted molar refractivity (Wildman–Crippen MR) is 103 cm³/mol. The lowest BCUT2D eigenvalue weighted by atomic mass is 10.1. The number of nitro benzene ring substituents is 2.